The van der Waals surface area contributed by atoms with Crippen molar-refractivity contribution in [3.63, 3.8) is 0 Å². The first kappa shape index (κ1) is 13.5. The van der Waals surface area contributed by atoms with E-state index in [0.717, 1.165) is 5.56 Å². The van der Waals surface area contributed by atoms with Gasteiger partial charge < -0.3 is 19.5 Å². The molecule has 2 heterocycles. The SMILES string of the molecule is O=CCOC1(c2cccnc2)CCN(C(=O)O)CC1. The van der Waals surface area contributed by atoms with Gasteiger partial charge in [0.15, 0.2) is 0 Å². The summed E-state index contributed by atoms with van der Waals surface area (Å²) in [5, 5.41) is 8.97. The molecule has 1 amide bonds. The summed E-state index contributed by atoms with van der Waals surface area (Å²) in [6, 6.07) is 3.71. The molecule has 1 aromatic heterocycles. The molecule has 1 aliphatic rings. The lowest BCUT2D eigenvalue weighted by Gasteiger charge is -2.40. The van der Waals surface area contributed by atoms with Crippen molar-refractivity contribution >= 4 is 12.4 Å². The molecule has 102 valence electrons. The van der Waals surface area contributed by atoms with Gasteiger partial charge in [-0.25, -0.2) is 4.79 Å². The van der Waals surface area contributed by atoms with Crippen molar-refractivity contribution in [1.82, 2.24) is 9.88 Å². The van der Waals surface area contributed by atoms with Gasteiger partial charge >= 0.3 is 6.09 Å². The standard InChI is InChI=1S/C13H16N2O4/c16-8-9-19-13(11-2-1-5-14-10-11)3-6-15(7-4-13)12(17)18/h1-2,5,8,10H,3-4,6-7,9H2,(H,17,18). The summed E-state index contributed by atoms with van der Waals surface area (Å²) in [4.78, 5) is 26.9. The Morgan fingerprint density at radius 1 is 1.53 bits per heavy atom. The highest BCUT2D eigenvalue weighted by molar-refractivity contribution is 5.65. The minimum Gasteiger partial charge on any atom is -0.465 e. The number of aldehydes is 1. The predicted octanol–water partition coefficient (Wildman–Crippen LogP) is 1.27. The van der Waals surface area contributed by atoms with Crippen molar-refractivity contribution in [3.8, 4) is 0 Å². The summed E-state index contributed by atoms with van der Waals surface area (Å²) in [7, 11) is 0. The highest BCUT2D eigenvalue weighted by Crippen LogP contribution is 2.36. The summed E-state index contributed by atoms with van der Waals surface area (Å²) in [6.07, 6.45) is 4.22. The first-order valence-electron chi connectivity index (χ1n) is 6.14. The molecule has 1 N–H and O–H groups in total. The lowest BCUT2D eigenvalue weighted by atomic mass is 9.85. The topological polar surface area (TPSA) is 79.7 Å². The van der Waals surface area contributed by atoms with E-state index in [9.17, 15) is 9.59 Å². The zero-order chi connectivity index (χ0) is 13.7. The molecule has 1 fully saturated rings. The third-order valence-electron chi connectivity index (χ3n) is 3.46. The fourth-order valence-corrected chi connectivity index (χ4v) is 2.40. The molecule has 6 nitrogen and oxygen atoms in total. The molecule has 1 aromatic rings. The molecule has 0 bridgehead atoms. The highest BCUT2D eigenvalue weighted by Gasteiger charge is 2.38. The van der Waals surface area contributed by atoms with Crippen molar-refractivity contribution in [2.24, 2.45) is 0 Å². The van der Waals surface area contributed by atoms with Gasteiger partial charge in [-0.2, -0.15) is 0 Å². The molecular formula is C13H16N2O4. The predicted molar refractivity (Wildman–Crippen MR) is 66.8 cm³/mol. The molecule has 0 radical (unpaired) electrons. The molecule has 2 rings (SSSR count). The fourth-order valence-electron chi connectivity index (χ4n) is 2.40. The normalized spacial score (nSPS) is 18.0. The Kier molecular flexibility index (Phi) is 4.11. The number of carboxylic acid groups (broad SMARTS) is 1. The third kappa shape index (κ3) is 2.90. The molecule has 19 heavy (non-hydrogen) atoms. The number of carbonyl (C=O) groups excluding carboxylic acids is 1. The number of aromatic nitrogens is 1. The minimum absolute atomic E-state index is 0.00195. The van der Waals surface area contributed by atoms with Gasteiger partial charge in [-0.05, 0) is 18.9 Å². The van der Waals surface area contributed by atoms with Gasteiger partial charge in [-0.15, -0.1) is 0 Å². The molecule has 1 aliphatic heterocycles. The van der Waals surface area contributed by atoms with Crippen molar-refractivity contribution in [2.75, 3.05) is 19.7 Å². The average Bonchev–Trinajstić information content (AvgIpc) is 2.46. The molecule has 0 aliphatic carbocycles. The number of likely N-dealkylation sites (tertiary alicyclic amines) is 1. The van der Waals surface area contributed by atoms with Gasteiger partial charge in [0.25, 0.3) is 0 Å². The van der Waals surface area contributed by atoms with E-state index in [1.54, 1.807) is 12.4 Å². The molecule has 1 saturated heterocycles. The summed E-state index contributed by atoms with van der Waals surface area (Å²) >= 11 is 0. The number of hydrogen-bond acceptors (Lipinski definition) is 4. The van der Waals surface area contributed by atoms with Crippen LogP contribution in [0.15, 0.2) is 24.5 Å². The van der Waals surface area contributed by atoms with Crippen LogP contribution in [0.2, 0.25) is 0 Å². The summed E-state index contributed by atoms with van der Waals surface area (Å²) in [6.45, 7) is 0.786. The van der Waals surface area contributed by atoms with Crippen LogP contribution in [-0.2, 0) is 15.1 Å². The summed E-state index contributed by atoms with van der Waals surface area (Å²) in [5.41, 5.74) is 0.281. The molecule has 0 atom stereocenters. The second kappa shape index (κ2) is 5.79. The molecule has 0 saturated carbocycles. The number of hydrogen-bond donors (Lipinski definition) is 1. The lowest BCUT2D eigenvalue weighted by Crippen LogP contribution is -2.46. The maximum Gasteiger partial charge on any atom is 0.407 e. The number of amides is 1. The van der Waals surface area contributed by atoms with Crippen LogP contribution in [0.4, 0.5) is 4.79 Å². The van der Waals surface area contributed by atoms with E-state index in [1.165, 1.54) is 4.90 Å². The van der Waals surface area contributed by atoms with Crippen molar-refractivity contribution in [3.05, 3.63) is 30.1 Å². The number of pyridine rings is 1. The van der Waals surface area contributed by atoms with Crippen LogP contribution in [0.3, 0.4) is 0 Å². The van der Waals surface area contributed by atoms with Gasteiger partial charge in [0.05, 0.1) is 5.60 Å². The third-order valence-corrected chi connectivity index (χ3v) is 3.46. The maximum absolute atomic E-state index is 10.9. The van der Waals surface area contributed by atoms with Crippen LogP contribution in [0.25, 0.3) is 0 Å². The monoisotopic (exact) mass is 264 g/mol. The Hall–Kier alpha value is -1.95. The number of nitrogens with zero attached hydrogens (tertiary/aromatic N) is 2. The Labute approximate surface area is 111 Å². The van der Waals surface area contributed by atoms with Gasteiger partial charge in [0.2, 0.25) is 0 Å². The Morgan fingerprint density at radius 3 is 2.79 bits per heavy atom. The maximum atomic E-state index is 10.9. The Morgan fingerprint density at radius 2 is 2.26 bits per heavy atom. The number of carbonyl (C=O) groups is 2. The fraction of sp³-hybridized carbons (Fsp3) is 0.462. The first-order chi connectivity index (χ1) is 9.18. The largest absolute Gasteiger partial charge is 0.465 e. The molecule has 0 spiro atoms. The van der Waals surface area contributed by atoms with Gasteiger partial charge in [-0.1, -0.05) is 6.07 Å². The van der Waals surface area contributed by atoms with Crippen molar-refractivity contribution < 1.29 is 19.4 Å². The van der Waals surface area contributed by atoms with Crippen LogP contribution in [0.1, 0.15) is 18.4 Å². The van der Waals surface area contributed by atoms with E-state index in [4.69, 9.17) is 9.84 Å². The van der Waals surface area contributed by atoms with Crippen LogP contribution in [-0.4, -0.2) is 47.1 Å². The van der Waals surface area contributed by atoms with Gasteiger partial charge in [0.1, 0.15) is 12.9 Å². The van der Waals surface area contributed by atoms with E-state index >= 15 is 0 Å². The molecule has 0 aromatic carbocycles. The average molecular weight is 264 g/mol. The van der Waals surface area contributed by atoms with Crippen LogP contribution in [0, 0.1) is 0 Å². The smallest absolute Gasteiger partial charge is 0.407 e. The summed E-state index contributed by atoms with van der Waals surface area (Å²) in [5.74, 6) is 0. The summed E-state index contributed by atoms with van der Waals surface area (Å²) < 4.78 is 5.71. The number of piperidine rings is 1. The van der Waals surface area contributed by atoms with Crippen molar-refractivity contribution in [1.29, 1.82) is 0 Å². The van der Waals surface area contributed by atoms with Crippen LogP contribution >= 0.6 is 0 Å². The number of ether oxygens (including phenoxy) is 1. The van der Waals surface area contributed by atoms with E-state index in [1.807, 2.05) is 12.1 Å². The first-order valence-corrected chi connectivity index (χ1v) is 6.14. The molecule has 6 heteroatoms. The zero-order valence-electron chi connectivity index (χ0n) is 10.5. The Balaban J connectivity index is 2.18. The quantitative estimate of drug-likeness (QED) is 0.828. The second-order valence-electron chi connectivity index (χ2n) is 4.48. The zero-order valence-corrected chi connectivity index (χ0v) is 10.5. The highest BCUT2D eigenvalue weighted by atomic mass is 16.5. The van der Waals surface area contributed by atoms with Gasteiger partial charge in [-0.3, -0.25) is 4.98 Å². The van der Waals surface area contributed by atoms with Crippen molar-refractivity contribution in [2.45, 2.75) is 18.4 Å². The van der Waals surface area contributed by atoms with E-state index in [0.29, 0.717) is 32.2 Å². The molecule has 0 unspecified atom stereocenters. The minimum atomic E-state index is -0.921. The Bertz CT molecular complexity index is 441. The van der Waals surface area contributed by atoms with Gasteiger partial charge in [0, 0.05) is 31.0 Å². The van der Waals surface area contributed by atoms with Crippen LogP contribution in [0.5, 0.6) is 0 Å². The second-order valence-corrected chi connectivity index (χ2v) is 4.48. The molecular weight excluding hydrogens is 248 g/mol. The van der Waals surface area contributed by atoms with E-state index in [2.05, 4.69) is 4.98 Å². The van der Waals surface area contributed by atoms with Crippen LogP contribution < -0.4 is 0 Å². The van der Waals surface area contributed by atoms with E-state index in [-0.39, 0.29) is 6.61 Å². The lowest BCUT2D eigenvalue weighted by molar-refractivity contribution is -0.125. The van der Waals surface area contributed by atoms with E-state index < -0.39 is 11.7 Å². The number of rotatable bonds is 4.